The number of benzene rings is 2. The number of rotatable bonds is 7. The molecule has 0 amide bonds. The summed E-state index contributed by atoms with van der Waals surface area (Å²) in [7, 11) is -3.50. The summed E-state index contributed by atoms with van der Waals surface area (Å²) in [6.07, 6.45) is 0.306. The van der Waals surface area contributed by atoms with Crippen LogP contribution in [0.4, 0.5) is 0 Å². The number of aryl methyl sites for hydroxylation is 1. The van der Waals surface area contributed by atoms with Crippen molar-refractivity contribution in [1.82, 2.24) is 14.9 Å². The summed E-state index contributed by atoms with van der Waals surface area (Å²) in [6.45, 7) is 2.15. The van der Waals surface area contributed by atoms with Gasteiger partial charge in [-0.15, -0.1) is 0 Å². The highest BCUT2D eigenvalue weighted by Crippen LogP contribution is 2.18. The summed E-state index contributed by atoms with van der Waals surface area (Å²) in [6, 6.07) is 14.6. The fourth-order valence-corrected chi connectivity index (χ4v) is 3.90. The monoisotopic (exact) mass is 391 g/mol. The van der Waals surface area contributed by atoms with Crippen molar-refractivity contribution < 1.29 is 12.9 Å². The Hall–Kier alpha value is -2.22. The average Bonchev–Trinajstić information content (AvgIpc) is 3.05. The van der Waals surface area contributed by atoms with E-state index in [0.717, 1.165) is 11.1 Å². The third kappa shape index (κ3) is 4.91. The summed E-state index contributed by atoms with van der Waals surface area (Å²) in [4.78, 5) is 4.31. The van der Waals surface area contributed by atoms with Gasteiger partial charge in [-0.3, -0.25) is 0 Å². The van der Waals surface area contributed by atoms with E-state index >= 15 is 0 Å². The standard InChI is InChI=1S/C18H18ClN3O3S/c1-13-5-4-7-14(11-13)18-21-17(25-22-18)9-10-20-26(23,24)12-15-6-2-3-8-16(15)19/h2-8,11,20H,9-10,12H2,1H3. The lowest BCUT2D eigenvalue weighted by atomic mass is 10.1. The molecule has 3 aromatic rings. The fourth-order valence-electron chi connectivity index (χ4n) is 2.44. The van der Waals surface area contributed by atoms with Gasteiger partial charge in [0.25, 0.3) is 0 Å². The molecule has 0 aliphatic carbocycles. The van der Waals surface area contributed by atoms with Gasteiger partial charge in [-0.2, -0.15) is 4.98 Å². The molecule has 0 spiro atoms. The normalized spacial score (nSPS) is 11.6. The zero-order valence-electron chi connectivity index (χ0n) is 14.1. The third-order valence-corrected chi connectivity index (χ3v) is 5.41. The van der Waals surface area contributed by atoms with E-state index in [1.807, 2.05) is 31.2 Å². The summed E-state index contributed by atoms with van der Waals surface area (Å²) < 4.78 is 32.1. The van der Waals surface area contributed by atoms with Crippen LogP contribution in [0, 0.1) is 6.92 Å². The fraction of sp³-hybridized carbons (Fsp3) is 0.222. The van der Waals surface area contributed by atoms with Gasteiger partial charge in [0.05, 0.1) is 5.75 Å². The average molecular weight is 392 g/mol. The van der Waals surface area contributed by atoms with E-state index in [0.29, 0.717) is 28.7 Å². The van der Waals surface area contributed by atoms with Crippen molar-refractivity contribution >= 4 is 21.6 Å². The summed E-state index contributed by atoms with van der Waals surface area (Å²) in [5.41, 5.74) is 2.52. The van der Waals surface area contributed by atoms with Gasteiger partial charge >= 0.3 is 0 Å². The molecule has 0 atom stereocenters. The van der Waals surface area contributed by atoms with Crippen LogP contribution in [0.2, 0.25) is 5.02 Å². The first-order chi connectivity index (χ1) is 12.4. The second kappa shape index (κ2) is 7.99. The van der Waals surface area contributed by atoms with Gasteiger partial charge in [-0.1, -0.05) is 58.7 Å². The molecular weight excluding hydrogens is 374 g/mol. The predicted octanol–water partition coefficient (Wildman–Crippen LogP) is 3.36. The lowest BCUT2D eigenvalue weighted by molar-refractivity contribution is 0.379. The highest BCUT2D eigenvalue weighted by atomic mass is 35.5. The number of nitrogens with zero attached hydrogens (tertiary/aromatic N) is 2. The molecule has 1 N–H and O–H groups in total. The van der Waals surface area contributed by atoms with Crippen molar-refractivity contribution in [3.05, 3.63) is 70.6 Å². The van der Waals surface area contributed by atoms with Crippen LogP contribution in [0.5, 0.6) is 0 Å². The van der Waals surface area contributed by atoms with Crippen molar-refractivity contribution in [1.29, 1.82) is 0 Å². The minimum Gasteiger partial charge on any atom is -0.339 e. The largest absolute Gasteiger partial charge is 0.339 e. The smallest absolute Gasteiger partial charge is 0.228 e. The van der Waals surface area contributed by atoms with Crippen LogP contribution in [0.1, 0.15) is 17.0 Å². The number of halogens is 1. The van der Waals surface area contributed by atoms with Gasteiger partial charge in [-0.05, 0) is 24.6 Å². The van der Waals surface area contributed by atoms with Crippen LogP contribution in [0.25, 0.3) is 11.4 Å². The summed E-state index contributed by atoms with van der Waals surface area (Å²) in [5, 5.41) is 4.37. The minimum atomic E-state index is -3.50. The molecule has 3 rings (SSSR count). The van der Waals surface area contributed by atoms with Gasteiger partial charge in [0.2, 0.25) is 21.7 Å². The van der Waals surface area contributed by atoms with Crippen LogP contribution in [-0.2, 0) is 22.2 Å². The Morgan fingerprint density at radius 2 is 1.96 bits per heavy atom. The SMILES string of the molecule is Cc1cccc(-c2noc(CCNS(=O)(=O)Cc3ccccc3Cl)n2)c1. The molecule has 6 nitrogen and oxygen atoms in total. The maximum absolute atomic E-state index is 12.2. The van der Waals surface area contributed by atoms with Gasteiger partial charge in [0, 0.05) is 23.6 Å². The molecule has 0 unspecified atom stereocenters. The third-order valence-electron chi connectivity index (χ3n) is 3.71. The van der Waals surface area contributed by atoms with Crippen molar-refractivity contribution in [2.45, 2.75) is 19.1 Å². The number of sulfonamides is 1. The highest BCUT2D eigenvalue weighted by Gasteiger charge is 2.14. The summed E-state index contributed by atoms with van der Waals surface area (Å²) in [5.74, 6) is 0.690. The van der Waals surface area contributed by atoms with Crippen LogP contribution < -0.4 is 4.72 Å². The Balaban J connectivity index is 1.57. The van der Waals surface area contributed by atoms with Crippen LogP contribution >= 0.6 is 11.6 Å². The first-order valence-corrected chi connectivity index (χ1v) is 10.1. The van der Waals surface area contributed by atoms with E-state index in [9.17, 15) is 8.42 Å². The lowest BCUT2D eigenvalue weighted by Gasteiger charge is -2.06. The summed E-state index contributed by atoms with van der Waals surface area (Å²) >= 11 is 6.01. The molecule has 1 aromatic heterocycles. The molecule has 136 valence electrons. The van der Waals surface area contributed by atoms with Crippen molar-refractivity contribution in [3.8, 4) is 11.4 Å². The van der Waals surface area contributed by atoms with Crippen LogP contribution in [-0.4, -0.2) is 25.1 Å². The Labute approximate surface area is 157 Å². The zero-order valence-corrected chi connectivity index (χ0v) is 15.7. The van der Waals surface area contributed by atoms with Gasteiger partial charge < -0.3 is 4.52 Å². The molecule has 26 heavy (non-hydrogen) atoms. The van der Waals surface area contributed by atoms with Gasteiger partial charge in [0.1, 0.15) is 0 Å². The van der Waals surface area contributed by atoms with E-state index in [1.54, 1.807) is 24.3 Å². The quantitative estimate of drug-likeness (QED) is 0.667. The van der Waals surface area contributed by atoms with E-state index in [-0.39, 0.29) is 12.3 Å². The molecular formula is C18H18ClN3O3S. The van der Waals surface area contributed by atoms with Crippen molar-refractivity contribution in [2.24, 2.45) is 0 Å². The molecule has 2 aromatic carbocycles. The highest BCUT2D eigenvalue weighted by molar-refractivity contribution is 7.88. The van der Waals surface area contributed by atoms with E-state index in [1.165, 1.54) is 0 Å². The first kappa shape index (κ1) is 18.6. The van der Waals surface area contributed by atoms with E-state index < -0.39 is 10.0 Å². The second-order valence-electron chi connectivity index (χ2n) is 5.88. The van der Waals surface area contributed by atoms with Gasteiger partial charge in [-0.25, -0.2) is 13.1 Å². The maximum atomic E-state index is 12.2. The lowest BCUT2D eigenvalue weighted by Crippen LogP contribution is -2.27. The Bertz CT molecular complexity index is 1000. The second-order valence-corrected chi connectivity index (χ2v) is 8.09. The number of hydrogen-bond acceptors (Lipinski definition) is 5. The molecule has 0 bridgehead atoms. The minimum absolute atomic E-state index is 0.169. The topological polar surface area (TPSA) is 85.1 Å². The van der Waals surface area contributed by atoms with E-state index in [2.05, 4.69) is 14.9 Å². The molecule has 0 aliphatic heterocycles. The molecule has 8 heteroatoms. The molecule has 0 saturated carbocycles. The van der Waals surface area contributed by atoms with Crippen LogP contribution in [0.3, 0.4) is 0 Å². The molecule has 0 aliphatic rings. The van der Waals surface area contributed by atoms with Gasteiger partial charge in [0.15, 0.2) is 0 Å². The number of aromatic nitrogens is 2. The molecule has 0 fully saturated rings. The van der Waals surface area contributed by atoms with Crippen molar-refractivity contribution in [2.75, 3.05) is 6.54 Å². The van der Waals surface area contributed by atoms with Crippen LogP contribution in [0.15, 0.2) is 53.1 Å². The molecule has 1 heterocycles. The number of hydrogen-bond donors (Lipinski definition) is 1. The van der Waals surface area contributed by atoms with Crippen molar-refractivity contribution in [3.63, 3.8) is 0 Å². The predicted molar refractivity (Wildman–Crippen MR) is 100 cm³/mol. The maximum Gasteiger partial charge on any atom is 0.228 e. The molecule has 0 saturated heterocycles. The number of nitrogens with one attached hydrogen (secondary N) is 1. The Morgan fingerprint density at radius 1 is 1.15 bits per heavy atom. The zero-order chi connectivity index (χ0) is 18.6. The Kier molecular flexibility index (Phi) is 5.70. The Morgan fingerprint density at radius 3 is 2.73 bits per heavy atom. The van der Waals surface area contributed by atoms with E-state index in [4.69, 9.17) is 16.1 Å². The first-order valence-electron chi connectivity index (χ1n) is 8.03. The molecule has 0 radical (unpaired) electrons.